The van der Waals surface area contributed by atoms with E-state index >= 15 is 0 Å². The summed E-state index contributed by atoms with van der Waals surface area (Å²) in [5.74, 6) is -0.592. The maximum absolute atomic E-state index is 12.1. The first kappa shape index (κ1) is 20.2. The lowest BCUT2D eigenvalue weighted by Gasteiger charge is -2.09. The average Bonchev–Trinajstić information content (AvgIpc) is 2.75. The Morgan fingerprint density at radius 2 is 1.59 bits per heavy atom. The number of amides is 2. The molecule has 0 bridgehead atoms. The maximum atomic E-state index is 12.1. The van der Waals surface area contributed by atoms with Crippen LogP contribution in [-0.4, -0.2) is 16.9 Å². The molecule has 3 rings (SSSR count). The first-order chi connectivity index (χ1) is 14.1. The van der Waals surface area contributed by atoms with Gasteiger partial charge in [0.1, 0.15) is 0 Å². The number of nitrogens with one attached hydrogen (secondary N) is 3. The predicted molar refractivity (Wildman–Crippen MR) is 120 cm³/mol. The smallest absolute Gasteiger partial charge is 0.250 e. The predicted octanol–water partition coefficient (Wildman–Crippen LogP) is 3.51. The number of rotatable bonds is 5. The van der Waals surface area contributed by atoms with E-state index in [1.165, 1.54) is 6.08 Å². The fourth-order valence-electron chi connectivity index (χ4n) is 2.84. The molecule has 0 saturated heterocycles. The van der Waals surface area contributed by atoms with Crippen molar-refractivity contribution in [3.63, 3.8) is 0 Å². The number of thiocarbonyl (C=S) groups is 1. The molecule has 146 valence electrons. The average molecular weight is 404 g/mol. The largest absolute Gasteiger partial charge is 0.298 e. The highest BCUT2D eigenvalue weighted by molar-refractivity contribution is 7.80. The first-order valence-electron chi connectivity index (χ1n) is 9.21. The number of carbonyl (C=O) groups is 2. The molecule has 2 amide bonds. The molecule has 29 heavy (non-hydrogen) atoms. The molecule has 6 heteroatoms. The van der Waals surface area contributed by atoms with Gasteiger partial charge in [-0.15, -0.1) is 0 Å². The Morgan fingerprint density at radius 1 is 0.862 bits per heavy atom. The molecule has 0 aliphatic carbocycles. The van der Waals surface area contributed by atoms with Crippen LogP contribution in [0.4, 0.5) is 0 Å². The highest BCUT2D eigenvalue weighted by atomic mass is 32.1. The van der Waals surface area contributed by atoms with Gasteiger partial charge in [-0.25, -0.2) is 0 Å². The van der Waals surface area contributed by atoms with Gasteiger partial charge >= 0.3 is 0 Å². The Morgan fingerprint density at radius 3 is 2.41 bits per heavy atom. The van der Waals surface area contributed by atoms with Crippen LogP contribution in [0.3, 0.4) is 0 Å². The lowest BCUT2D eigenvalue weighted by Crippen LogP contribution is -2.48. The molecule has 0 aliphatic heterocycles. The van der Waals surface area contributed by atoms with Gasteiger partial charge in [0.25, 0.3) is 0 Å². The van der Waals surface area contributed by atoms with Crippen LogP contribution in [0.15, 0.2) is 78.9 Å². The van der Waals surface area contributed by atoms with Gasteiger partial charge in [-0.05, 0) is 46.6 Å². The van der Waals surface area contributed by atoms with E-state index in [0.29, 0.717) is 12.8 Å². The number of hydrazine groups is 1. The molecule has 0 heterocycles. The third-order valence-corrected chi connectivity index (χ3v) is 4.48. The molecule has 3 N–H and O–H groups in total. The van der Waals surface area contributed by atoms with E-state index in [1.54, 1.807) is 6.08 Å². The minimum Gasteiger partial charge on any atom is -0.298 e. The number of benzene rings is 3. The molecule has 3 aromatic carbocycles. The van der Waals surface area contributed by atoms with Gasteiger partial charge in [-0.3, -0.25) is 25.8 Å². The Labute approximate surface area is 174 Å². The van der Waals surface area contributed by atoms with Crippen molar-refractivity contribution in [1.82, 2.24) is 16.2 Å². The lowest BCUT2D eigenvalue weighted by atomic mass is 10.0. The van der Waals surface area contributed by atoms with E-state index < -0.39 is 0 Å². The van der Waals surface area contributed by atoms with E-state index in [2.05, 4.69) is 16.2 Å². The summed E-state index contributed by atoms with van der Waals surface area (Å²) >= 11 is 5.04. The quantitative estimate of drug-likeness (QED) is 0.346. The monoisotopic (exact) mass is 403 g/mol. The van der Waals surface area contributed by atoms with Crippen molar-refractivity contribution in [1.29, 1.82) is 0 Å². The number of hydrogen-bond acceptors (Lipinski definition) is 3. The van der Waals surface area contributed by atoms with Crippen LogP contribution in [0.5, 0.6) is 0 Å². The second kappa shape index (κ2) is 10.1. The zero-order valence-electron chi connectivity index (χ0n) is 15.7. The molecule has 0 saturated carbocycles. The molecule has 0 unspecified atom stereocenters. The molecule has 0 spiro atoms. The van der Waals surface area contributed by atoms with E-state index in [9.17, 15) is 9.59 Å². The number of hydrogen-bond donors (Lipinski definition) is 3. The van der Waals surface area contributed by atoms with Gasteiger partial charge in [0.15, 0.2) is 5.11 Å². The van der Waals surface area contributed by atoms with Crippen LogP contribution in [0.25, 0.3) is 16.8 Å². The highest BCUT2D eigenvalue weighted by Crippen LogP contribution is 2.19. The summed E-state index contributed by atoms with van der Waals surface area (Å²) in [4.78, 5) is 24.0. The minimum atomic E-state index is -0.381. The Kier molecular flexibility index (Phi) is 7.08. The Balaban J connectivity index is 1.44. The number of aryl methyl sites for hydroxylation is 1. The first-order valence-corrected chi connectivity index (χ1v) is 9.62. The number of fused-ring (bicyclic) bond motifs is 1. The summed E-state index contributed by atoms with van der Waals surface area (Å²) < 4.78 is 0. The third-order valence-electron chi connectivity index (χ3n) is 4.27. The van der Waals surface area contributed by atoms with Gasteiger partial charge in [0, 0.05) is 12.5 Å². The van der Waals surface area contributed by atoms with Crippen LogP contribution in [0, 0.1) is 0 Å². The molecule has 3 aromatic rings. The standard InChI is InChI=1S/C23H21N3O2S/c27-21(16-14-19-11-6-10-18-9-4-5-12-20(18)19)24-23(29)26-25-22(28)15-13-17-7-2-1-3-8-17/h1-12,14,16H,13,15H2,(H,25,28)(H2,24,26,27,29)/b16-14+. The van der Waals surface area contributed by atoms with E-state index in [-0.39, 0.29) is 16.9 Å². The molecular formula is C23H21N3O2S. The summed E-state index contributed by atoms with van der Waals surface area (Å²) in [7, 11) is 0. The lowest BCUT2D eigenvalue weighted by molar-refractivity contribution is -0.121. The maximum Gasteiger partial charge on any atom is 0.250 e. The molecule has 0 atom stereocenters. The molecule has 0 radical (unpaired) electrons. The fraction of sp³-hybridized carbons (Fsp3) is 0.0870. The topological polar surface area (TPSA) is 70.2 Å². The molecule has 5 nitrogen and oxygen atoms in total. The van der Waals surface area contributed by atoms with Crippen LogP contribution >= 0.6 is 12.2 Å². The van der Waals surface area contributed by atoms with Crippen molar-refractivity contribution in [2.45, 2.75) is 12.8 Å². The van der Waals surface area contributed by atoms with Gasteiger partial charge in [0.2, 0.25) is 11.8 Å². The Bertz CT molecular complexity index is 1040. The molecule has 0 fully saturated rings. The van der Waals surface area contributed by atoms with Crippen LogP contribution in [0.1, 0.15) is 17.5 Å². The molecular weight excluding hydrogens is 382 g/mol. The van der Waals surface area contributed by atoms with Gasteiger partial charge in [-0.1, -0.05) is 72.8 Å². The zero-order chi connectivity index (χ0) is 20.5. The van der Waals surface area contributed by atoms with Crippen LogP contribution < -0.4 is 16.2 Å². The van der Waals surface area contributed by atoms with Crippen LogP contribution in [0.2, 0.25) is 0 Å². The molecule has 0 aromatic heterocycles. The Hall–Kier alpha value is -3.51. The highest BCUT2D eigenvalue weighted by Gasteiger charge is 2.05. The van der Waals surface area contributed by atoms with E-state index in [0.717, 1.165) is 21.9 Å². The second-order valence-electron chi connectivity index (χ2n) is 6.38. The van der Waals surface area contributed by atoms with Crippen molar-refractivity contribution >= 4 is 46.0 Å². The normalized spacial score (nSPS) is 10.6. The van der Waals surface area contributed by atoms with Crippen molar-refractivity contribution in [3.8, 4) is 0 Å². The number of carbonyl (C=O) groups excluding carboxylic acids is 2. The van der Waals surface area contributed by atoms with Gasteiger partial charge in [-0.2, -0.15) is 0 Å². The minimum absolute atomic E-state index is 0.0330. The summed E-state index contributed by atoms with van der Waals surface area (Å²) in [5, 5.41) is 4.70. The zero-order valence-corrected chi connectivity index (χ0v) is 16.5. The van der Waals surface area contributed by atoms with Crippen molar-refractivity contribution < 1.29 is 9.59 Å². The van der Waals surface area contributed by atoms with Gasteiger partial charge < -0.3 is 0 Å². The van der Waals surface area contributed by atoms with E-state index in [1.807, 2.05) is 72.8 Å². The van der Waals surface area contributed by atoms with Crippen molar-refractivity contribution in [3.05, 3.63) is 90.0 Å². The summed E-state index contributed by atoms with van der Waals surface area (Å²) in [5.41, 5.74) is 7.05. The van der Waals surface area contributed by atoms with Crippen molar-refractivity contribution in [2.75, 3.05) is 0 Å². The van der Waals surface area contributed by atoms with Gasteiger partial charge in [0.05, 0.1) is 0 Å². The molecule has 0 aliphatic rings. The summed E-state index contributed by atoms with van der Waals surface area (Å²) in [6, 6.07) is 23.6. The summed E-state index contributed by atoms with van der Waals surface area (Å²) in [6.45, 7) is 0. The van der Waals surface area contributed by atoms with Crippen LogP contribution in [-0.2, 0) is 16.0 Å². The van der Waals surface area contributed by atoms with E-state index in [4.69, 9.17) is 12.2 Å². The SMILES string of the molecule is O=C(/C=C/c1cccc2ccccc12)NC(=S)NNC(=O)CCc1ccccc1. The summed E-state index contributed by atoms with van der Waals surface area (Å²) in [6.07, 6.45) is 4.08. The second-order valence-corrected chi connectivity index (χ2v) is 6.79. The van der Waals surface area contributed by atoms with Crippen molar-refractivity contribution in [2.24, 2.45) is 0 Å². The fourth-order valence-corrected chi connectivity index (χ4v) is 2.99. The third kappa shape index (κ3) is 6.26.